The van der Waals surface area contributed by atoms with Crippen molar-refractivity contribution < 1.29 is 13.2 Å². The molecule has 6 nitrogen and oxygen atoms in total. The summed E-state index contributed by atoms with van der Waals surface area (Å²) in [5.41, 5.74) is 1.09. The van der Waals surface area contributed by atoms with Crippen molar-refractivity contribution in [2.75, 3.05) is 18.4 Å². The first-order valence-electron chi connectivity index (χ1n) is 9.69. The summed E-state index contributed by atoms with van der Waals surface area (Å²) in [4.78, 5) is 17.0. The number of nitrogens with zero attached hydrogens (tertiary/aromatic N) is 2. The molecule has 150 valence electrons. The zero-order valence-corrected chi connectivity index (χ0v) is 17.0. The Balaban J connectivity index is 1.52. The zero-order chi connectivity index (χ0) is 20.4. The number of aromatic nitrogens is 1. The highest BCUT2D eigenvalue weighted by Crippen LogP contribution is 2.25. The minimum absolute atomic E-state index is 0.222. The largest absolute Gasteiger partial charge is 0.321 e. The van der Waals surface area contributed by atoms with E-state index in [0.29, 0.717) is 30.3 Å². The molecule has 1 aliphatic rings. The molecule has 1 amide bonds. The lowest BCUT2D eigenvalue weighted by Crippen LogP contribution is -2.37. The quantitative estimate of drug-likeness (QED) is 0.709. The Morgan fingerprint density at radius 1 is 1.07 bits per heavy atom. The molecule has 1 fully saturated rings. The summed E-state index contributed by atoms with van der Waals surface area (Å²) in [6, 6.07) is 13.6. The molecule has 0 bridgehead atoms. The van der Waals surface area contributed by atoms with E-state index in [9.17, 15) is 13.2 Å². The summed E-state index contributed by atoms with van der Waals surface area (Å²) < 4.78 is 27.2. The van der Waals surface area contributed by atoms with Gasteiger partial charge in [-0.1, -0.05) is 19.1 Å². The van der Waals surface area contributed by atoms with Gasteiger partial charge in [0.2, 0.25) is 10.0 Å². The lowest BCUT2D eigenvalue weighted by Gasteiger charge is -2.29. The Morgan fingerprint density at radius 2 is 1.79 bits per heavy atom. The fraction of sp³-hybridized carbons (Fsp3) is 0.273. The molecule has 2 aromatic carbocycles. The van der Waals surface area contributed by atoms with Crippen LogP contribution in [-0.2, 0) is 10.0 Å². The van der Waals surface area contributed by atoms with Gasteiger partial charge in [0.1, 0.15) is 0 Å². The molecule has 29 heavy (non-hydrogen) atoms. The van der Waals surface area contributed by atoms with Crippen LogP contribution >= 0.6 is 0 Å². The van der Waals surface area contributed by atoms with Crippen molar-refractivity contribution in [3.8, 4) is 0 Å². The monoisotopic (exact) mass is 409 g/mol. The number of anilines is 1. The maximum absolute atomic E-state index is 12.8. The van der Waals surface area contributed by atoms with Gasteiger partial charge in [-0.25, -0.2) is 8.42 Å². The number of hydrogen-bond donors (Lipinski definition) is 1. The van der Waals surface area contributed by atoms with Gasteiger partial charge in [0, 0.05) is 47.5 Å². The highest BCUT2D eigenvalue weighted by molar-refractivity contribution is 7.89. The van der Waals surface area contributed by atoms with Crippen LogP contribution < -0.4 is 5.32 Å². The fourth-order valence-corrected chi connectivity index (χ4v) is 5.05. The summed E-state index contributed by atoms with van der Waals surface area (Å²) in [6.45, 7) is 3.23. The smallest absolute Gasteiger partial charge is 0.255 e. The van der Waals surface area contributed by atoms with Crippen LogP contribution in [0.2, 0.25) is 0 Å². The van der Waals surface area contributed by atoms with Gasteiger partial charge in [0.15, 0.2) is 0 Å². The Kier molecular flexibility index (Phi) is 5.34. The average molecular weight is 410 g/mol. The number of carbonyl (C=O) groups is 1. The molecule has 1 aromatic heterocycles. The Bertz CT molecular complexity index is 1130. The number of hydrogen-bond acceptors (Lipinski definition) is 4. The van der Waals surface area contributed by atoms with Crippen molar-refractivity contribution in [2.24, 2.45) is 5.92 Å². The summed E-state index contributed by atoms with van der Waals surface area (Å²) in [7, 11) is -3.52. The Labute approximate surface area is 170 Å². The van der Waals surface area contributed by atoms with E-state index < -0.39 is 10.0 Å². The van der Waals surface area contributed by atoms with Gasteiger partial charge in [-0.05, 0) is 55.2 Å². The summed E-state index contributed by atoms with van der Waals surface area (Å²) in [6.07, 6.45) is 5.17. The number of carbonyl (C=O) groups excluding carboxylic acids is 1. The molecule has 2 heterocycles. The molecule has 7 heteroatoms. The number of sulfonamides is 1. The van der Waals surface area contributed by atoms with Crippen molar-refractivity contribution in [1.29, 1.82) is 0 Å². The van der Waals surface area contributed by atoms with Crippen molar-refractivity contribution in [3.63, 3.8) is 0 Å². The Hall–Kier alpha value is -2.77. The van der Waals surface area contributed by atoms with E-state index >= 15 is 0 Å². The van der Waals surface area contributed by atoms with E-state index in [4.69, 9.17) is 0 Å². The molecule has 1 aliphatic heterocycles. The molecule has 1 N–H and O–H groups in total. The highest BCUT2D eigenvalue weighted by atomic mass is 32.2. The van der Waals surface area contributed by atoms with E-state index in [2.05, 4.69) is 17.2 Å². The maximum atomic E-state index is 12.8. The SMILES string of the molecule is CC1CCN(S(=O)(=O)c2ccc(C(=O)Nc3cccc4cnccc34)cc2)CC1. The van der Waals surface area contributed by atoms with Gasteiger partial charge in [0.05, 0.1) is 4.90 Å². The molecule has 0 atom stereocenters. The minimum atomic E-state index is -3.52. The van der Waals surface area contributed by atoms with Crippen LogP contribution in [0.25, 0.3) is 10.8 Å². The van der Waals surface area contributed by atoms with Crippen LogP contribution in [0.15, 0.2) is 65.8 Å². The van der Waals surface area contributed by atoms with Crippen LogP contribution in [-0.4, -0.2) is 36.7 Å². The average Bonchev–Trinajstić information content (AvgIpc) is 2.74. The predicted molar refractivity (Wildman–Crippen MR) is 113 cm³/mol. The van der Waals surface area contributed by atoms with Crippen molar-refractivity contribution in [2.45, 2.75) is 24.7 Å². The molecule has 1 saturated heterocycles. The number of pyridine rings is 1. The first-order chi connectivity index (χ1) is 13.9. The lowest BCUT2D eigenvalue weighted by molar-refractivity contribution is 0.102. The van der Waals surface area contributed by atoms with Gasteiger partial charge >= 0.3 is 0 Å². The normalized spacial score (nSPS) is 16.0. The van der Waals surface area contributed by atoms with Crippen molar-refractivity contribution in [3.05, 3.63) is 66.5 Å². The van der Waals surface area contributed by atoms with E-state index in [1.54, 1.807) is 24.5 Å². The number of amides is 1. The van der Waals surface area contributed by atoms with Crippen LogP contribution in [0.3, 0.4) is 0 Å². The molecule has 0 radical (unpaired) electrons. The van der Waals surface area contributed by atoms with Crippen molar-refractivity contribution in [1.82, 2.24) is 9.29 Å². The molecule has 0 saturated carbocycles. The van der Waals surface area contributed by atoms with E-state index in [0.717, 1.165) is 23.6 Å². The van der Waals surface area contributed by atoms with Gasteiger partial charge < -0.3 is 5.32 Å². The maximum Gasteiger partial charge on any atom is 0.255 e. The molecule has 0 unspecified atom stereocenters. The van der Waals surface area contributed by atoms with Crippen LogP contribution in [0, 0.1) is 5.92 Å². The van der Waals surface area contributed by atoms with Gasteiger partial charge in [-0.15, -0.1) is 0 Å². The topological polar surface area (TPSA) is 79.4 Å². The van der Waals surface area contributed by atoms with Gasteiger partial charge in [0.25, 0.3) is 5.91 Å². The Morgan fingerprint density at radius 3 is 2.52 bits per heavy atom. The number of nitrogens with one attached hydrogen (secondary N) is 1. The summed E-state index contributed by atoms with van der Waals surface area (Å²) in [5.74, 6) is 0.266. The third-order valence-corrected chi connectivity index (χ3v) is 7.34. The standard InChI is InChI=1S/C22H23N3O3S/c1-16-10-13-25(14-11-16)29(27,28)19-7-5-17(6-8-19)22(26)24-21-4-2-3-18-15-23-12-9-20(18)21/h2-9,12,15-16H,10-11,13-14H2,1H3,(H,24,26). The molecule has 3 aromatic rings. The number of piperidine rings is 1. The van der Waals surface area contributed by atoms with Crippen molar-refractivity contribution >= 4 is 32.4 Å². The second-order valence-electron chi connectivity index (χ2n) is 7.47. The zero-order valence-electron chi connectivity index (χ0n) is 16.2. The fourth-order valence-electron chi connectivity index (χ4n) is 3.58. The number of rotatable bonds is 4. The van der Waals surface area contributed by atoms with Crippen LogP contribution in [0.5, 0.6) is 0 Å². The first-order valence-corrected chi connectivity index (χ1v) is 11.1. The van der Waals surface area contributed by atoms with Gasteiger partial charge in [-0.2, -0.15) is 4.31 Å². The van der Waals surface area contributed by atoms with E-state index in [1.165, 1.54) is 16.4 Å². The van der Waals surface area contributed by atoms with E-state index in [1.807, 2.05) is 24.3 Å². The molecular weight excluding hydrogens is 386 g/mol. The third kappa shape index (κ3) is 4.02. The summed E-state index contributed by atoms with van der Waals surface area (Å²) in [5, 5.41) is 4.73. The second kappa shape index (κ2) is 7.93. The first kappa shape index (κ1) is 19.5. The molecular formula is C22H23N3O3S. The molecule has 0 aliphatic carbocycles. The van der Waals surface area contributed by atoms with Crippen LogP contribution in [0.4, 0.5) is 5.69 Å². The third-order valence-electron chi connectivity index (χ3n) is 5.43. The number of benzene rings is 2. The summed E-state index contributed by atoms with van der Waals surface area (Å²) >= 11 is 0. The molecule has 0 spiro atoms. The van der Waals surface area contributed by atoms with Crippen LogP contribution in [0.1, 0.15) is 30.1 Å². The highest BCUT2D eigenvalue weighted by Gasteiger charge is 2.28. The predicted octanol–water partition coefficient (Wildman–Crippen LogP) is 3.91. The number of fused-ring (bicyclic) bond motifs is 1. The minimum Gasteiger partial charge on any atom is -0.321 e. The second-order valence-corrected chi connectivity index (χ2v) is 9.41. The lowest BCUT2D eigenvalue weighted by atomic mass is 10.0. The van der Waals surface area contributed by atoms with E-state index in [-0.39, 0.29) is 10.8 Å². The van der Waals surface area contributed by atoms with Gasteiger partial charge in [-0.3, -0.25) is 9.78 Å². The molecule has 4 rings (SSSR count).